The summed E-state index contributed by atoms with van der Waals surface area (Å²) in [6.45, 7) is 0. The predicted octanol–water partition coefficient (Wildman–Crippen LogP) is 5.52. The maximum Gasteiger partial charge on any atom is 0.286 e. The Bertz CT molecular complexity index is 1260. The summed E-state index contributed by atoms with van der Waals surface area (Å²) >= 11 is 13.7. The van der Waals surface area contributed by atoms with Gasteiger partial charge < -0.3 is 4.57 Å². The molecular formula is C21H16Cl2N4OS. The molecule has 4 aromatic rings. The van der Waals surface area contributed by atoms with E-state index in [-0.39, 0.29) is 5.56 Å². The average Bonchev–Trinajstić information content (AvgIpc) is 3.47. The van der Waals surface area contributed by atoms with E-state index in [1.807, 2.05) is 41.0 Å². The molecule has 0 amide bonds. The van der Waals surface area contributed by atoms with Crippen molar-refractivity contribution in [1.29, 1.82) is 0 Å². The normalized spacial score (nSPS) is 13.9. The van der Waals surface area contributed by atoms with Crippen molar-refractivity contribution in [3.05, 3.63) is 80.8 Å². The third-order valence-electron chi connectivity index (χ3n) is 4.85. The van der Waals surface area contributed by atoms with Crippen LogP contribution in [0.5, 0.6) is 0 Å². The lowest BCUT2D eigenvalue weighted by molar-refractivity contribution is 0.739. The molecule has 0 saturated heterocycles. The summed E-state index contributed by atoms with van der Waals surface area (Å²) in [7, 11) is 0. The van der Waals surface area contributed by atoms with Crippen LogP contribution in [0.1, 0.15) is 24.4 Å². The fraction of sp³-hybridized carbons (Fsp3) is 0.190. The van der Waals surface area contributed by atoms with E-state index >= 15 is 0 Å². The van der Waals surface area contributed by atoms with Crippen LogP contribution in [0.3, 0.4) is 0 Å². The van der Waals surface area contributed by atoms with Gasteiger partial charge in [-0.05, 0) is 54.8 Å². The number of benzene rings is 2. The average molecular weight is 443 g/mol. The van der Waals surface area contributed by atoms with Crippen molar-refractivity contribution in [3.8, 4) is 5.69 Å². The first-order valence-corrected chi connectivity index (χ1v) is 11.0. The number of hydrogen-bond acceptors (Lipinski definition) is 4. The summed E-state index contributed by atoms with van der Waals surface area (Å²) in [6, 6.07) is 15.3. The van der Waals surface area contributed by atoms with Gasteiger partial charge in [-0.2, -0.15) is 0 Å². The molecule has 1 aliphatic carbocycles. The third-order valence-corrected chi connectivity index (χ3v) is 6.34. The zero-order valence-corrected chi connectivity index (χ0v) is 17.6. The van der Waals surface area contributed by atoms with Gasteiger partial charge in [-0.15, -0.1) is 0 Å². The molecule has 0 unspecified atom stereocenters. The van der Waals surface area contributed by atoms with E-state index in [4.69, 9.17) is 28.2 Å². The van der Waals surface area contributed by atoms with Crippen LogP contribution in [0.4, 0.5) is 0 Å². The van der Waals surface area contributed by atoms with Crippen LogP contribution >= 0.6 is 35.0 Å². The third kappa shape index (κ3) is 3.68. The van der Waals surface area contributed by atoms with E-state index < -0.39 is 0 Å². The Kier molecular flexibility index (Phi) is 4.86. The molecule has 1 aliphatic rings. The van der Waals surface area contributed by atoms with Gasteiger partial charge in [0.1, 0.15) is 0 Å². The standard InChI is InChI=1S/C21H16Cl2N4OS/c22-14-4-6-17(7-5-14)27-20(28)18-19(26(12-24-18)16-8-9-16)25-21(27)29-11-13-2-1-3-15(23)10-13/h1-7,10,12,16H,8-9,11H2. The second kappa shape index (κ2) is 7.52. The summed E-state index contributed by atoms with van der Waals surface area (Å²) in [6.07, 6.45) is 3.92. The maximum atomic E-state index is 13.3. The van der Waals surface area contributed by atoms with Crippen molar-refractivity contribution in [2.24, 2.45) is 0 Å². The van der Waals surface area contributed by atoms with E-state index in [0.29, 0.717) is 43.8 Å². The van der Waals surface area contributed by atoms with Crippen LogP contribution in [0.25, 0.3) is 16.9 Å². The molecule has 0 radical (unpaired) electrons. The molecule has 0 atom stereocenters. The van der Waals surface area contributed by atoms with Crippen LogP contribution in [0, 0.1) is 0 Å². The summed E-state index contributed by atoms with van der Waals surface area (Å²) in [4.78, 5) is 22.6. The molecular weight excluding hydrogens is 427 g/mol. The molecule has 5 nitrogen and oxygen atoms in total. The van der Waals surface area contributed by atoms with Gasteiger partial charge in [0.15, 0.2) is 16.3 Å². The number of aromatic nitrogens is 4. The Hall–Kier alpha value is -2.28. The van der Waals surface area contributed by atoms with Crippen molar-refractivity contribution < 1.29 is 0 Å². The lowest BCUT2D eigenvalue weighted by Crippen LogP contribution is -2.22. The SMILES string of the molecule is O=c1c2ncn(C3CC3)c2nc(SCc2cccc(Cl)c2)n1-c1ccc(Cl)cc1. The Balaban J connectivity index is 1.64. The van der Waals surface area contributed by atoms with E-state index in [2.05, 4.69) is 4.98 Å². The minimum absolute atomic E-state index is 0.176. The number of imidazole rings is 1. The first-order valence-electron chi connectivity index (χ1n) is 9.23. The second-order valence-electron chi connectivity index (χ2n) is 6.99. The van der Waals surface area contributed by atoms with Gasteiger partial charge in [-0.1, -0.05) is 47.1 Å². The van der Waals surface area contributed by atoms with E-state index in [0.717, 1.165) is 18.4 Å². The summed E-state index contributed by atoms with van der Waals surface area (Å²) in [5.74, 6) is 0.643. The topological polar surface area (TPSA) is 52.7 Å². The summed E-state index contributed by atoms with van der Waals surface area (Å²) in [5.41, 5.74) is 2.64. The number of nitrogens with zero attached hydrogens (tertiary/aromatic N) is 4. The molecule has 0 bridgehead atoms. The number of fused-ring (bicyclic) bond motifs is 1. The van der Waals surface area contributed by atoms with Gasteiger partial charge in [-0.25, -0.2) is 9.97 Å². The fourth-order valence-corrected chi connectivity index (χ4v) is 4.54. The van der Waals surface area contributed by atoms with Crippen molar-refractivity contribution in [2.45, 2.75) is 29.8 Å². The Morgan fingerprint density at radius 1 is 1.07 bits per heavy atom. The lowest BCUT2D eigenvalue weighted by Gasteiger charge is -2.13. The Morgan fingerprint density at radius 2 is 1.86 bits per heavy atom. The predicted molar refractivity (Wildman–Crippen MR) is 117 cm³/mol. The summed E-state index contributed by atoms with van der Waals surface area (Å²) in [5, 5.41) is 1.92. The van der Waals surface area contributed by atoms with E-state index in [1.165, 1.54) is 11.8 Å². The monoisotopic (exact) mass is 442 g/mol. The van der Waals surface area contributed by atoms with Gasteiger partial charge in [0, 0.05) is 21.8 Å². The molecule has 0 N–H and O–H groups in total. The molecule has 2 aromatic carbocycles. The first-order chi connectivity index (χ1) is 14.1. The minimum Gasteiger partial charge on any atom is -0.312 e. The molecule has 146 valence electrons. The molecule has 1 saturated carbocycles. The van der Waals surface area contributed by atoms with Crippen LogP contribution < -0.4 is 5.56 Å². The van der Waals surface area contributed by atoms with Gasteiger partial charge >= 0.3 is 0 Å². The zero-order valence-electron chi connectivity index (χ0n) is 15.3. The van der Waals surface area contributed by atoms with Crippen LogP contribution in [-0.2, 0) is 5.75 Å². The molecule has 0 aliphatic heterocycles. The summed E-state index contributed by atoms with van der Waals surface area (Å²) < 4.78 is 3.63. The van der Waals surface area contributed by atoms with Gasteiger partial charge in [0.05, 0.1) is 12.0 Å². The quantitative estimate of drug-likeness (QED) is 0.301. The molecule has 5 rings (SSSR count). The zero-order chi connectivity index (χ0) is 20.0. The number of rotatable bonds is 5. The van der Waals surface area contributed by atoms with Gasteiger partial charge in [-0.3, -0.25) is 9.36 Å². The second-order valence-corrected chi connectivity index (χ2v) is 8.80. The molecule has 8 heteroatoms. The molecule has 29 heavy (non-hydrogen) atoms. The largest absolute Gasteiger partial charge is 0.312 e. The first kappa shape index (κ1) is 18.7. The smallest absolute Gasteiger partial charge is 0.286 e. The van der Waals surface area contributed by atoms with Crippen molar-refractivity contribution >= 4 is 46.1 Å². The minimum atomic E-state index is -0.176. The Labute approximate surface area is 181 Å². The lowest BCUT2D eigenvalue weighted by atomic mass is 10.2. The van der Waals surface area contributed by atoms with Crippen molar-refractivity contribution in [1.82, 2.24) is 19.1 Å². The highest BCUT2D eigenvalue weighted by molar-refractivity contribution is 7.98. The van der Waals surface area contributed by atoms with Crippen molar-refractivity contribution in [2.75, 3.05) is 0 Å². The van der Waals surface area contributed by atoms with Crippen molar-refractivity contribution in [3.63, 3.8) is 0 Å². The van der Waals surface area contributed by atoms with Gasteiger partial charge in [0.2, 0.25) is 0 Å². The number of hydrogen-bond donors (Lipinski definition) is 0. The van der Waals surface area contributed by atoms with Crippen LogP contribution in [0.15, 0.2) is 64.8 Å². The molecule has 0 spiro atoms. The number of thioether (sulfide) groups is 1. The highest BCUT2D eigenvalue weighted by Gasteiger charge is 2.27. The number of halogens is 2. The van der Waals surface area contributed by atoms with Gasteiger partial charge in [0.25, 0.3) is 5.56 Å². The maximum absolute atomic E-state index is 13.3. The van der Waals surface area contributed by atoms with E-state index in [9.17, 15) is 4.79 Å². The molecule has 1 fully saturated rings. The van der Waals surface area contributed by atoms with Crippen LogP contribution in [-0.4, -0.2) is 19.1 Å². The Morgan fingerprint density at radius 3 is 2.59 bits per heavy atom. The highest BCUT2D eigenvalue weighted by atomic mass is 35.5. The van der Waals surface area contributed by atoms with E-state index in [1.54, 1.807) is 23.0 Å². The highest BCUT2D eigenvalue weighted by Crippen LogP contribution is 2.37. The fourth-order valence-electron chi connectivity index (χ4n) is 3.26. The van der Waals surface area contributed by atoms with Crippen LogP contribution in [0.2, 0.25) is 10.0 Å². The molecule has 2 aromatic heterocycles. The molecule has 2 heterocycles.